The molecule has 4 nitrogen and oxygen atoms in total. The fraction of sp³-hybridized carbons (Fsp3) is 0.103. The fourth-order valence-corrected chi connectivity index (χ4v) is 5.38. The summed E-state index contributed by atoms with van der Waals surface area (Å²) in [5.41, 5.74) is 16.3. The molecule has 43 heavy (non-hydrogen) atoms. The highest BCUT2D eigenvalue weighted by atomic mass is 15.1. The predicted molar refractivity (Wildman–Crippen MR) is 177 cm³/mol. The Labute approximate surface area is 252 Å². The third-order valence-electron chi connectivity index (χ3n) is 7.57. The molecule has 0 amide bonds. The lowest BCUT2D eigenvalue weighted by Gasteiger charge is -2.11. The van der Waals surface area contributed by atoms with Gasteiger partial charge in [0.25, 0.3) is 0 Å². The molecule has 0 saturated carbocycles. The van der Waals surface area contributed by atoms with Gasteiger partial charge in [0.15, 0.2) is 0 Å². The summed E-state index contributed by atoms with van der Waals surface area (Å²) >= 11 is 0. The Kier molecular flexibility index (Phi) is 7.94. The van der Waals surface area contributed by atoms with Gasteiger partial charge >= 0.3 is 0 Å². The van der Waals surface area contributed by atoms with Crippen molar-refractivity contribution in [1.29, 1.82) is 5.26 Å². The van der Waals surface area contributed by atoms with Gasteiger partial charge in [-0.1, -0.05) is 79.8 Å². The van der Waals surface area contributed by atoms with E-state index in [1.165, 1.54) is 11.1 Å². The van der Waals surface area contributed by atoms with Crippen LogP contribution in [0.4, 0.5) is 0 Å². The number of imidazole rings is 1. The second-order valence-corrected chi connectivity index (χ2v) is 10.5. The molecule has 2 aromatic carbocycles. The molecule has 2 heterocycles. The Morgan fingerprint density at radius 2 is 1.67 bits per heavy atom. The van der Waals surface area contributed by atoms with E-state index in [4.69, 9.17) is 15.2 Å². The van der Waals surface area contributed by atoms with Crippen LogP contribution in [0.2, 0.25) is 0 Å². The minimum Gasteiger partial charge on any atom is -0.279 e. The van der Waals surface area contributed by atoms with E-state index in [0.29, 0.717) is 12.0 Å². The third-order valence-corrected chi connectivity index (χ3v) is 7.57. The highest BCUT2D eigenvalue weighted by Gasteiger charge is 2.18. The minimum atomic E-state index is 0.227. The summed E-state index contributed by atoms with van der Waals surface area (Å²) < 4.78 is 2.15. The molecule has 2 aliphatic rings. The lowest BCUT2D eigenvalue weighted by atomic mass is 9.94. The van der Waals surface area contributed by atoms with Crippen molar-refractivity contribution in [1.82, 2.24) is 14.4 Å². The van der Waals surface area contributed by atoms with Crippen LogP contribution in [0, 0.1) is 11.3 Å². The maximum atomic E-state index is 9.07. The summed E-state index contributed by atoms with van der Waals surface area (Å²) in [6, 6.07) is 18.5. The van der Waals surface area contributed by atoms with E-state index in [9.17, 15) is 0 Å². The Hall–Kier alpha value is -5.71. The molecule has 0 spiro atoms. The average Bonchev–Trinajstić information content (AvgIpc) is 3.18. The van der Waals surface area contributed by atoms with Gasteiger partial charge in [-0.15, -0.1) is 18.0 Å². The van der Waals surface area contributed by atoms with Crippen LogP contribution in [0.3, 0.4) is 0 Å². The van der Waals surface area contributed by atoms with Crippen molar-refractivity contribution in [2.75, 3.05) is 0 Å². The molecular formula is C39H30N4. The van der Waals surface area contributed by atoms with Crippen molar-refractivity contribution in [2.45, 2.75) is 25.7 Å². The first-order valence-electron chi connectivity index (χ1n) is 14.4. The zero-order valence-corrected chi connectivity index (χ0v) is 24.0. The molecule has 4 heteroatoms. The smallest absolute Gasteiger partial charge is 0.149 e. The van der Waals surface area contributed by atoms with Gasteiger partial charge in [0.05, 0.1) is 34.3 Å². The van der Waals surface area contributed by atoms with Crippen LogP contribution < -0.4 is 0 Å². The SMILES string of the molecule is C=CCC(/C=C\Cc1nc2c(c3nc4c(n13)C=CC=C=C4)C=C=CC=C2)=C\C(C)c1ccc(-c2ccc(C#N)cc2)cc1. The Balaban J connectivity index is 1.27. The summed E-state index contributed by atoms with van der Waals surface area (Å²) in [5.74, 6) is 1.15. The van der Waals surface area contributed by atoms with Crippen molar-refractivity contribution in [2.24, 2.45) is 0 Å². The zero-order chi connectivity index (χ0) is 29.6. The summed E-state index contributed by atoms with van der Waals surface area (Å²) in [4.78, 5) is 10.0. The number of aromatic nitrogens is 3. The van der Waals surface area contributed by atoms with E-state index in [1.807, 2.05) is 72.9 Å². The number of nitrogens with zero attached hydrogens (tertiary/aromatic N) is 4. The van der Waals surface area contributed by atoms with Gasteiger partial charge in [-0.05, 0) is 77.1 Å². The number of nitriles is 1. The van der Waals surface area contributed by atoms with E-state index in [1.54, 1.807) is 0 Å². The van der Waals surface area contributed by atoms with Crippen LogP contribution in [-0.4, -0.2) is 14.4 Å². The minimum absolute atomic E-state index is 0.227. The molecule has 6 rings (SSSR count). The monoisotopic (exact) mass is 554 g/mol. The molecular weight excluding hydrogens is 524 g/mol. The number of rotatable bonds is 8. The summed E-state index contributed by atoms with van der Waals surface area (Å²) in [7, 11) is 0. The number of hydrogen-bond acceptors (Lipinski definition) is 3. The highest BCUT2D eigenvalue weighted by molar-refractivity contribution is 5.79. The third kappa shape index (κ3) is 5.87. The molecule has 1 atom stereocenters. The van der Waals surface area contributed by atoms with Crippen LogP contribution in [0.25, 0.3) is 41.1 Å². The number of allylic oxidation sites excluding steroid dienone is 9. The lowest BCUT2D eigenvalue weighted by Crippen LogP contribution is -2.06. The first kappa shape index (κ1) is 27.5. The van der Waals surface area contributed by atoms with Gasteiger partial charge in [0.1, 0.15) is 11.5 Å². The van der Waals surface area contributed by atoms with Crippen LogP contribution >= 0.6 is 0 Å². The lowest BCUT2D eigenvalue weighted by molar-refractivity contribution is 0.919. The number of fused-ring (bicyclic) bond motifs is 5. The van der Waals surface area contributed by atoms with Crippen molar-refractivity contribution < 1.29 is 0 Å². The van der Waals surface area contributed by atoms with Gasteiger partial charge in [-0.2, -0.15) is 5.26 Å². The zero-order valence-electron chi connectivity index (χ0n) is 24.0. The molecule has 0 aliphatic heterocycles. The van der Waals surface area contributed by atoms with E-state index >= 15 is 0 Å². The first-order chi connectivity index (χ1) is 21.1. The van der Waals surface area contributed by atoms with E-state index in [0.717, 1.165) is 51.7 Å². The molecule has 2 aromatic heterocycles. The second kappa shape index (κ2) is 12.4. The van der Waals surface area contributed by atoms with Crippen molar-refractivity contribution in [3.05, 3.63) is 160 Å². The predicted octanol–water partition coefficient (Wildman–Crippen LogP) is 9.06. The normalized spacial score (nSPS) is 14.0. The van der Waals surface area contributed by atoms with Gasteiger partial charge in [-0.25, -0.2) is 9.97 Å². The van der Waals surface area contributed by atoms with Gasteiger partial charge < -0.3 is 0 Å². The van der Waals surface area contributed by atoms with Gasteiger partial charge in [0.2, 0.25) is 0 Å². The molecule has 206 valence electrons. The Morgan fingerprint density at radius 1 is 0.953 bits per heavy atom. The molecule has 2 aliphatic carbocycles. The van der Waals surface area contributed by atoms with Crippen LogP contribution in [-0.2, 0) is 6.42 Å². The van der Waals surface area contributed by atoms with Crippen LogP contribution in [0.15, 0.2) is 121 Å². The number of benzene rings is 2. The molecule has 0 bridgehead atoms. The summed E-state index contributed by atoms with van der Waals surface area (Å²) in [6.07, 6.45) is 25.7. The van der Waals surface area contributed by atoms with E-state index in [2.05, 4.69) is 84.0 Å². The average molecular weight is 555 g/mol. The quantitative estimate of drug-likeness (QED) is 0.124. The molecule has 0 fully saturated rings. The summed E-state index contributed by atoms with van der Waals surface area (Å²) in [6.45, 7) is 6.21. The van der Waals surface area contributed by atoms with E-state index in [-0.39, 0.29) is 5.92 Å². The second-order valence-electron chi connectivity index (χ2n) is 10.5. The molecule has 0 saturated heterocycles. The standard InChI is InChI=1S/C39H30N4/c1-3-11-29(26-28(2)31-22-24-33(25-23-31)32-20-18-30(27-40)19-21-32)12-10-17-38-41-35-14-7-4-6-13-34(35)39-42-36-15-8-5-9-16-37(36)43(38)39/h3-5,7,9-10,12-16,18-26,28H,1,11,17H2,2H3/b12-10-,29-26+. The van der Waals surface area contributed by atoms with Gasteiger partial charge in [-0.3, -0.25) is 4.40 Å². The van der Waals surface area contributed by atoms with Crippen molar-refractivity contribution >= 4 is 30.0 Å². The summed E-state index contributed by atoms with van der Waals surface area (Å²) in [5, 5.41) is 9.07. The molecule has 1 unspecified atom stereocenters. The van der Waals surface area contributed by atoms with Gasteiger partial charge in [0, 0.05) is 12.5 Å². The molecule has 4 aromatic rings. The molecule has 0 N–H and O–H groups in total. The number of hydrogen-bond donors (Lipinski definition) is 0. The van der Waals surface area contributed by atoms with E-state index < -0.39 is 0 Å². The van der Waals surface area contributed by atoms with Crippen LogP contribution in [0.1, 0.15) is 58.9 Å². The Morgan fingerprint density at radius 3 is 2.42 bits per heavy atom. The Bertz CT molecular complexity index is 2000. The first-order valence-corrected chi connectivity index (χ1v) is 14.4. The maximum absolute atomic E-state index is 9.07. The fourth-order valence-electron chi connectivity index (χ4n) is 5.38. The largest absolute Gasteiger partial charge is 0.279 e. The van der Waals surface area contributed by atoms with Crippen LogP contribution in [0.5, 0.6) is 0 Å². The van der Waals surface area contributed by atoms with Crippen molar-refractivity contribution in [3.8, 4) is 17.2 Å². The molecule has 0 radical (unpaired) electrons. The maximum Gasteiger partial charge on any atom is 0.149 e. The highest BCUT2D eigenvalue weighted by Crippen LogP contribution is 2.28. The topological polar surface area (TPSA) is 54.0 Å². The van der Waals surface area contributed by atoms with Crippen molar-refractivity contribution in [3.63, 3.8) is 0 Å².